The van der Waals surface area contributed by atoms with Gasteiger partial charge in [-0.25, -0.2) is 0 Å². The molecule has 4 rings (SSSR count). The van der Waals surface area contributed by atoms with Crippen molar-refractivity contribution >= 4 is 21.0 Å². The van der Waals surface area contributed by atoms with Crippen LogP contribution in [0.15, 0.2) is 83.9 Å². The summed E-state index contributed by atoms with van der Waals surface area (Å²) in [5, 5.41) is 1.05. The first-order chi connectivity index (χ1) is 15.9. The van der Waals surface area contributed by atoms with Gasteiger partial charge >= 0.3 is 0 Å². The van der Waals surface area contributed by atoms with E-state index in [2.05, 4.69) is 0 Å². The van der Waals surface area contributed by atoms with E-state index in [9.17, 15) is 8.42 Å². The summed E-state index contributed by atoms with van der Waals surface area (Å²) in [5.41, 5.74) is 3.13. The minimum atomic E-state index is -3.78. The van der Waals surface area contributed by atoms with Gasteiger partial charge in [-0.3, -0.25) is 4.18 Å². The molecule has 0 saturated carbocycles. The second-order valence-electron chi connectivity index (χ2n) is 7.77. The van der Waals surface area contributed by atoms with Crippen LogP contribution >= 0.6 is 0 Å². The standard InChI is InChI=1S/C26H27NO5S/c1-20-3-11-25(12-4-20)33(28,29)32-18-16-27-15-13-22-7-10-24(19-26(22)27)31-17-14-21-5-8-23(30-2)9-6-21/h3-13,15,19H,14,16-18H2,1-2H3. The Labute approximate surface area is 194 Å². The van der Waals surface area contributed by atoms with Crippen molar-refractivity contribution in [2.24, 2.45) is 0 Å². The fourth-order valence-corrected chi connectivity index (χ4v) is 4.45. The molecule has 6 nitrogen and oxygen atoms in total. The number of nitrogens with zero attached hydrogens (tertiary/aromatic N) is 1. The lowest BCUT2D eigenvalue weighted by Gasteiger charge is -2.10. The molecule has 0 fully saturated rings. The van der Waals surface area contributed by atoms with Crippen molar-refractivity contribution in [3.8, 4) is 11.5 Å². The average Bonchev–Trinajstić information content (AvgIpc) is 3.22. The number of rotatable bonds is 10. The van der Waals surface area contributed by atoms with Crippen molar-refractivity contribution in [3.05, 3.63) is 90.1 Å². The third-order valence-corrected chi connectivity index (χ3v) is 6.77. The van der Waals surface area contributed by atoms with Gasteiger partial charge < -0.3 is 14.0 Å². The van der Waals surface area contributed by atoms with E-state index in [4.69, 9.17) is 13.7 Å². The van der Waals surface area contributed by atoms with Gasteiger partial charge in [0.2, 0.25) is 0 Å². The Bertz CT molecular complexity index is 1310. The Morgan fingerprint density at radius 1 is 0.848 bits per heavy atom. The molecule has 0 bridgehead atoms. The number of ether oxygens (including phenoxy) is 2. The van der Waals surface area contributed by atoms with Gasteiger partial charge in [0.05, 0.1) is 30.7 Å². The highest BCUT2D eigenvalue weighted by Gasteiger charge is 2.15. The molecule has 0 spiro atoms. The summed E-state index contributed by atoms with van der Waals surface area (Å²) in [5.74, 6) is 1.60. The third kappa shape index (κ3) is 5.74. The molecule has 0 aliphatic carbocycles. The van der Waals surface area contributed by atoms with Crippen LogP contribution in [0.25, 0.3) is 10.9 Å². The molecule has 0 aliphatic rings. The van der Waals surface area contributed by atoms with Gasteiger partial charge in [-0.15, -0.1) is 0 Å². The van der Waals surface area contributed by atoms with Crippen LogP contribution in [0.5, 0.6) is 11.5 Å². The van der Waals surface area contributed by atoms with Crippen molar-refractivity contribution in [2.45, 2.75) is 24.8 Å². The second-order valence-corrected chi connectivity index (χ2v) is 9.38. The van der Waals surface area contributed by atoms with Gasteiger partial charge in [0, 0.05) is 25.2 Å². The Hall–Kier alpha value is -3.29. The summed E-state index contributed by atoms with van der Waals surface area (Å²) >= 11 is 0. The molecule has 0 unspecified atom stereocenters. The minimum absolute atomic E-state index is 0.0442. The molecule has 3 aromatic carbocycles. The predicted molar refractivity (Wildman–Crippen MR) is 128 cm³/mol. The van der Waals surface area contributed by atoms with Crippen LogP contribution in [0.1, 0.15) is 11.1 Å². The summed E-state index contributed by atoms with van der Waals surface area (Å²) in [4.78, 5) is 0.165. The zero-order chi connectivity index (χ0) is 23.3. The second kappa shape index (κ2) is 10.1. The number of methoxy groups -OCH3 is 1. The zero-order valence-corrected chi connectivity index (χ0v) is 19.5. The largest absolute Gasteiger partial charge is 0.497 e. The van der Waals surface area contributed by atoms with E-state index in [0.29, 0.717) is 13.2 Å². The molecular weight excluding hydrogens is 438 g/mol. The molecule has 1 aromatic heterocycles. The number of benzene rings is 3. The molecule has 172 valence electrons. The minimum Gasteiger partial charge on any atom is -0.497 e. The number of aryl methyl sites for hydroxylation is 1. The highest BCUT2D eigenvalue weighted by atomic mass is 32.2. The molecular formula is C26H27NO5S. The normalized spacial score (nSPS) is 11.6. The maximum Gasteiger partial charge on any atom is 0.297 e. The van der Waals surface area contributed by atoms with Crippen LogP contribution in [-0.2, 0) is 27.3 Å². The third-order valence-electron chi connectivity index (χ3n) is 5.44. The van der Waals surface area contributed by atoms with Crippen molar-refractivity contribution in [1.29, 1.82) is 0 Å². The van der Waals surface area contributed by atoms with Crippen LogP contribution in [-0.4, -0.2) is 33.3 Å². The van der Waals surface area contributed by atoms with Crippen molar-refractivity contribution in [3.63, 3.8) is 0 Å². The molecule has 0 aliphatic heterocycles. The van der Waals surface area contributed by atoms with Crippen molar-refractivity contribution in [1.82, 2.24) is 4.57 Å². The number of hydrogen-bond acceptors (Lipinski definition) is 5. The zero-order valence-electron chi connectivity index (χ0n) is 18.7. The fourth-order valence-electron chi connectivity index (χ4n) is 3.55. The summed E-state index contributed by atoms with van der Waals surface area (Å²) in [6, 6.07) is 22.5. The molecule has 7 heteroatoms. The van der Waals surface area contributed by atoms with Gasteiger partial charge in [0.1, 0.15) is 11.5 Å². The number of hydrogen-bond donors (Lipinski definition) is 0. The predicted octanol–water partition coefficient (Wildman–Crippen LogP) is 4.99. The molecule has 33 heavy (non-hydrogen) atoms. The molecule has 4 aromatic rings. The Morgan fingerprint density at radius 3 is 2.30 bits per heavy atom. The molecule has 0 saturated heterocycles. The van der Waals surface area contributed by atoms with Crippen molar-refractivity contribution < 1.29 is 22.1 Å². The Kier molecular flexibility index (Phi) is 7.01. The maximum absolute atomic E-state index is 12.4. The number of aromatic nitrogens is 1. The molecule has 0 atom stereocenters. The lowest BCUT2D eigenvalue weighted by molar-refractivity contribution is 0.302. The van der Waals surface area contributed by atoms with Gasteiger partial charge in [-0.1, -0.05) is 29.8 Å². The highest BCUT2D eigenvalue weighted by molar-refractivity contribution is 7.86. The van der Waals surface area contributed by atoms with Crippen LogP contribution in [0.3, 0.4) is 0 Å². The lowest BCUT2D eigenvalue weighted by atomic mass is 10.1. The van der Waals surface area contributed by atoms with E-state index in [1.54, 1.807) is 31.4 Å². The van der Waals surface area contributed by atoms with E-state index in [1.165, 1.54) is 5.56 Å². The van der Waals surface area contributed by atoms with E-state index < -0.39 is 10.1 Å². The fraction of sp³-hybridized carbons (Fsp3) is 0.231. The monoisotopic (exact) mass is 465 g/mol. The van der Waals surface area contributed by atoms with Crippen LogP contribution in [0.4, 0.5) is 0 Å². The number of fused-ring (bicyclic) bond motifs is 1. The summed E-state index contributed by atoms with van der Waals surface area (Å²) < 4.78 is 43.2. The van der Waals surface area contributed by atoms with Crippen LogP contribution < -0.4 is 9.47 Å². The van der Waals surface area contributed by atoms with E-state index in [1.807, 2.05) is 66.2 Å². The highest BCUT2D eigenvalue weighted by Crippen LogP contribution is 2.23. The summed E-state index contributed by atoms with van der Waals surface area (Å²) in [6.45, 7) is 2.91. The molecule has 0 radical (unpaired) electrons. The van der Waals surface area contributed by atoms with E-state index in [-0.39, 0.29) is 11.5 Å². The smallest absolute Gasteiger partial charge is 0.297 e. The Morgan fingerprint density at radius 2 is 1.58 bits per heavy atom. The van der Waals surface area contributed by atoms with Gasteiger partial charge in [0.25, 0.3) is 10.1 Å². The molecule has 1 heterocycles. The first-order valence-electron chi connectivity index (χ1n) is 10.8. The first-order valence-corrected chi connectivity index (χ1v) is 12.2. The quantitative estimate of drug-likeness (QED) is 0.309. The SMILES string of the molecule is COc1ccc(CCOc2ccc3ccn(CCOS(=O)(=O)c4ccc(C)cc4)c3c2)cc1. The van der Waals surface area contributed by atoms with Crippen LogP contribution in [0.2, 0.25) is 0 Å². The van der Waals surface area contributed by atoms with E-state index >= 15 is 0 Å². The molecule has 0 N–H and O–H groups in total. The lowest BCUT2D eigenvalue weighted by Crippen LogP contribution is -2.12. The summed E-state index contributed by atoms with van der Waals surface area (Å²) in [7, 11) is -2.13. The molecule has 0 amide bonds. The summed E-state index contributed by atoms with van der Waals surface area (Å²) in [6.07, 6.45) is 2.71. The average molecular weight is 466 g/mol. The Balaban J connectivity index is 1.35. The van der Waals surface area contributed by atoms with Gasteiger partial charge in [0.15, 0.2) is 0 Å². The van der Waals surface area contributed by atoms with Gasteiger partial charge in [-0.05, 0) is 60.3 Å². The van der Waals surface area contributed by atoms with Crippen molar-refractivity contribution in [2.75, 3.05) is 20.3 Å². The maximum atomic E-state index is 12.4. The van der Waals surface area contributed by atoms with Crippen LogP contribution in [0, 0.1) is 6.92 Å². The van der Waals surface area contributed by atoms with Gasteiger partial charge in [-0.2, -0.15) is 8.42 Å². The first kappa shape index (κ1) is 22.9. The topological polar surface area (TPSA) is 66.8 Å². The van der Waals surface area contributed by atoms with E-state index in [0.717, 1.165) is 34.4 Å².